The Morgan fingerprint density at radius 3 is 2.62 bits per heavy atom. The van der Waals surface area contributed by atoms with Crippen molar-refractivity contribution in [2.24, 2.45) is 5.92 Å². The number of para-hydroxylation sites is 1. The van der Waals surface area contributed by atoms with Crippen LogP contribution in [0.25, 0.3) is 0 Å². The Labute approximate surface area is 155 Å². The highest BCUT2D eigenvalue weighted by Crippen LogP contribution is 2.28. The van der Waals surface area contributed by atoms with Gasteiger partial charge in [0.1, 0.15) is 11.5 Å². The molecule has 3 rings (SSSR count). The zero-order valence-electron chi connectivity index (χ0n) is 15.8. The third kappa shape index (κ3) is 4.18. The molecule has 138 valence electrons. The van der Waals surface area contributed by atoms with Crippen molar-refractivity contribution in [2.75, 3.05) is 19.8 Å². The summed E-state index contributed by atoms with van der Waals surface area (Å²) in [5.74, 6) is 2.12. The second kappa shape index (κ2) is 8.26. The van der Waals surface area contributed by atoms with Crippen LogP contribution in [-0.4, -0.2) is 36.6 Å². The molecule has 1 aliphatic heterocycles. The summed E-state index contributed by atoms with van der Waals surface area (Å²) >= 11 is 0. The van der Waals surface area contributed by atoms with E-state index in [1.54, 1.807) is 0 Å². The van der Waals surface area contributed by atoms with Crippen molar-refractivity contribution >= 4 is 5.91 Å². The van der Waals surface area contributed by atoms with Crippen LogP contribution in [-0.2, 0) is 6.42 Å². The molecular weight excluding hydrogens is 326 g/mol. The Morgan fingerprint density at radius 1 is 1.19 bits per heavy atom. The zero-order valence-corrected chi connectivity index (χ0v) is 15.8. The van der Waals surface area contributed by atoms with Crippen molar-refractivity contribution in [1.29, 1.82) is 0 Å². The molecule has 0 bridgehead atoms. The Kier molecular flexibility index (Phi) is 5.82. The van der Waals surface area contributed by atoms with E-state index in [0.29, 0.717) is 31.2 Å². The topological polar surface area (TPSA) is 38.8 Å². The fourth-order valence-corrected chi connectivity index (χ4v) is 3.34. The lowest BCUT2D eigenvalue weighted by molar-refractivity contribution is 0.0636. The van der Waals surface area contributed by atoms with Gasteiger partial charge in [0.2, 0.25) is 0 Å². The number of ether oxygens (including phenoxy) is 2. The quantitative estimate of drug-likeness (QED) is 0.782. The number of carbonyl (C=O) groups excluding carboxylic acids is 1. The SMILES string of the molecule is CCOc1ccc(C(=O)N(C[C@H]2COc3ccccc3C2)C(C)C)cc1. The van der Waals surface area contributed by atoms with Crippen LogP contribution in [0.15, 0.2) is 48.5 Å². The minimum Gasteiger partial charge on any atom is -0.494 e. The molecule has 1 amide bonds. The number of fused-ring (bicyclic) bond motifs is 1. The van der Waals surface area contributed by atoms with Crippen molar-refractivity contribution in [3.8, 4) is 11.5 Å². The number of carbonyl (C=O) groups is 1. The van der Waals surface area contributed by atoms with Crippen molar-refractivity contribution in [2.45, 2.75) is 33.2 Å². The third-order valence-electron chi connectivity index (χ3n) is 4.71. The lowest BCUT2D eigenvalue weighted by Gasteiger charge is -2.33. The summed E-state index contributed by atoms with van der Waals surface area (Å²) in [5, 5.41) is 0. The molecule has 0 aliphatic carbocycles. The van der Waals surface area contributed by atoms with Gasteiger partial charge in [-0.2, -0.15) is 0 Å². The van der Waals surface area contributed by atoms with Gasteiger partial charge in [-0.1, -0.05) is 18.2 Å². The molecule has 4 heteroatoms. The van der Waals surface area contributed by atoms with Crippen LogP contribution in [0.5, 0.6) is 11.5 Å². The van der Waals surface area contributed by atoms with Gasteiger partial charge in [-0.25, -0.2) is 0 Å². The molecule has 0 aromatic heterocycles. The first-order valence-corrected chi connectivity index (χ1v) is 9.33. The largest absolute Gasteiger partial charge is 0.494 e. The molecular formula is C22H27NO3. The van der Waals surface area contributed by atoms with Crippen LogP contribution >= 0.6 is 0 Å². The predicted octanol–water partition coefficient (Wildman–Crippen LogP) is 4.19. The summed E-state index contributed by atoms with van der Waals surface area (Å²) in [5.41, 5.74) is 1.92. The molecule has 1 atom stereocenters. The van der Waals surface area contributed by atoms with E-state index < -0.39 is 0 Å². The minimum atomic E-state index is 0.0573. The van der Waals surface area contributed by atoms with Crippen LogP contribution in [0, 0.1) is 5.92 Å². The lowest BCUT2D eigenvalue weighted by atomic mass is 9.95. The van der Waals surface area contributed by atoms with Gasteiger partial charge in [-0.05, 0) is 63.1 Å². The predicted molar refractivity (Wildman–Crippen MR) is 103 cm³/mol. The lowest BCUT2D eigenvalue weighted by Crippen LogP contribution is -2.43. The molecule has 0 saturated heterocycles. The van der Waals surface area contributed by atoms with Crippen LogP contribution in [0.3, 0.4) is 0 Å². The second-order valence-corrected chi connectivity index (χ2v) is 7.00. The summed E-state index contributed by atoms with van der Waals surface area (Å²) in [4.78, 5) is 15.0. The standard InChI is InChI=1S/C22H27NO3/c1-4-25-20-11-9-18(10-12-20)22(24)23(16(2)3)14-17-13-19-7-5-6-8-21(19)26-15-17/h5-12,16-17H,4,13-15H2,1-3H3/t17-/m0/s1. The molecule has 4 nitrogen and oxygen atoms in total. The smallest absolute Gasteiger partial charge is 0.254 e. The highest BCUT2D eigenvalue weighted by atomic mass is 16.5. The zero-order chi connectivity index (χ0) is 18.5. The fraction of sp³-hybridized carbons (Fsp3) is 0.409. The van der Waals surface area contributed by atoms with Crippen molar-refractivity contribution in [3.05, 3.63) is 59.7 Å². The molecule has 0 N–H and O–H groups in total. The molecule has 2 aromatic rings. The number of nitrogens with zero attached hydrogens (tertiary/aromatic N) is 1. The number of hydrogen-bond donors (Lipinski definition) is 0. The Hall–Kier alpha value is -2.49. The number of benzene rings is 2. The van der Waals surface area contributed by atoms with Crippen LogP contribution in [0.2, 0.25) is 0 Å². The van der Waals surface area contributed by atoms with E-state index in [-0.39, 0.29) is 11.9 Å². The molecule has 26 heavy (non-hydrogen) atoms. The van der Waals surface area contributed by atoms with E-state index in [2.05, 4.69) is 19.9 Å². The van der Waals surface area contributed by atoms with Gasteiger partial charge in [0.15, 0.2) is 0 Å². The monoisotopic (exact) mass is 353 g/mol. The van der Waals surface area contributed by atoms with Crippen LogP contribution in [0.4, 0.5) is 0 Å². The summed E-state index contributed by atoms with van der Waals surface area (Å²) in [6.45, 7) is 8.03. The fourth-order valence-electron chi connectivity index (χ4n) is 3.34. The van der Waals surface area contributed by atoms with Gasteiger partial charge in [-0.15, -0.1) is 0 Å². The maximum Gasteiger partial charge on any atom is 0.254 e. The average Bonchev–Trinajstić information content (AvgIpc) is 2.66. The first kappa shape index (κ1) is 18.3. The minimum absolute atomic E-state index is 0.0573. The van der Waals surface area contributed by atoms with E-state index in [4.69, 9.17) is 9.47 Å². The maximum atomic E-state index is 13.0. The van der Waals surface area contributed by atoms with E-state index in [9.17, 15) is 4.79 Å². The molecule has 1 aliphatic rings. The van der Waals surface area contributed by atoms with E-state index >= 15 is 0 Å². The molecule has 0 spiro atoms. The summed E-state index contributed by atoms with van der Waals surface area (Å²) in [6, 6.07) is 15.7. The van der Waals surface area contributed by atoms with Crippen molar-refractivity contribution in [1.82, 2.24) is 4.90 Å². The van der Waals surface area contributed by atoms with Gasteiger partial charge in [-0.3, -0.25) is 4.79 Å². The highest BCUT2D eigenvalue weighted by molar-refractivity contribution is 5.94. The number of hydrogen-bond acceptors (Lipinski definition) is 3. The molecule has 0 unspecified atom stereocenters. The molecule has 0 radical (unpaired) electrons. The van der Waals surface area contributed by atoms with E-state index in [1.165, 1.54) is 5.56 Å². The molecule has 2 aromatic carbocycles. The normalized spacial score (nSPS) is 15.9. The Morgan fingerprint density at radius 2 is 1.92 bits per heavy atom. The number of amides is 1. The summed E-state index contributed by atoms with van der Waals surface area (Å²) in [6.07, 6.45) is 0.940. The first-order valence-electron chi connectivity index (χ1n) is 9.33. The number of rotatable bonds is 6. The van der Waals surface area contributed by atoms with E-state index in [0.717, 1.165) is 17.9 Å². The van der Waals surface area contributed by atoms with Crippen LogP contribution < -0.4 is 9.47 Å². The maximum absolute atomic E-state index is 13.0. The molecule has 0 fully saturated rings. The summed E-state index contributed by atoms with van der Waals surface area (Å²) in [7, 11) is 0. The highest BCUT2D eigenvalue weighted by Gasteiger charge is 2.26. The molecule has 1 heterocycles. The van der Waals surface area contributed by atoms with Gasteiger partial charge < -0.3 is 14.4 Å². The van der Waals surface area contributed by atoms with Gasteiger partial charge in [0.05, 0.1) is 13.2 Å². The van der Waals surface area contributed by atoms with Gasteiger partial charge >= 0.3 is 0 Å². The first-order chi connectivity index (χ1) is 12.6. The van der Waals surface area contributed by atoms with Gasteiger partial charge in [0.25, 0.3) is 5.91 Å². The third-order valence-corrected chi connectivity index (χ3v) is 4.71. The van der Waals surface area contributed by atoms with Crippen molar-refractivity contribution in [3.63, 3.8) is 0 Å². The van der Waals surface area contributed by atoms with Gasteiger partial charge in [0, 0.05) is 24.1 Å². The average molecular weight is 353 g/mol. The van der Waals surface area contributed by atoms with E-state index in [1.807, 2.05) is 54.3 Å². The van der Waals surface area contributed by atoms with Crippen LogP contribution in [0.1, 0.15) is 36.7 Å². The summed E-state index contributed by atoms with van der Waals surface area (Å²) < 4.78 is 11.4. The molecule has 0 saturated carbocycles. The second-order valence-electron chi connectivity index (χ2n) is 7.00. The Bertz CT molecular complexity index is 739. The van der Waals surface area contributed by atoms with Crippen molar-refractivity contribution < 1.29 is 14.3 Å². The Balaban J connectivity index is 1.70.